The van der Waals surface area contributed by atoms with Crippen LogP contribution in [0.3, 0.4) is 0 Å². The smallest absolute Gasteiger partial charge is 0.0589 e. The first kappa shape index (κ1) is 17.4. The van der Waals surface area contributed by atoms with E-state index in [1.165, 1.54) is 37.2 Å². The second-order valence-corrected chi connectivity index (χ2v) is 7.43. The van der Waals surface area contributed by atoms with Crippen LogP contribution in [0.1, 0.15) is 44.9 Å². The monoisotopic (exact) mass is 308 g/mol. The molecule has 1 aliphatic heterocycles. The Morgan fingerprint density at radius 3 is 2.73 bits per heavy atom. The fraction of sp³-hybridized carbons (Fsp3) is 0.824. The Bertz CT molecular complexity index is 430. The maximum atomic E-state index is 5.15. The fourth-order valence-electron chi connectivity index (χ4n) is 3.14. The molecular formula is C17H32N4O. The van der Waals surface area contributed by atoms with Gasteiger partial charge in [0.05, 0.1) is 12.8 Å². The van der Waals surface area contributed by atoms with Crippen molar-refractivity contribution in [3.05, 3.63) is 17.5 Å². The number of hydrogen-bond acceptors (Lipinski definition) is 4. The van der Waals surface area contributed by atoms with Crippen molar-refractivity contribution in [3.8, 4) is 0 Å². The molecule has 0 saturated carbocycles. The molecule has 22 heavy (non-hydrogen) atoms. The molecule has 0 unspecified atom stereocenters. The van der Waals surface area contributed by atoms with E-state index in [1.54, 1.807) is 7.11 Å². The van der Waals surface area contributed by atoms with Gasteiger partial charge in [-0.25, -0.2) is 0 Å². The SMILES string of the molecule is COCCN1CCC(CNCc2cn[nH]c2C(C)(C)C)CC1. The van der Waals surface area contributed by atoms with Crippen LogP contribution in [0.15, 0.2) is 6.20 Å². The van der Waals surface area contributed by atoms with Crippen LogP contribution in [-0.4, -0.2) is 55.0 Å². The second-order valence-electron chi connectivity index (χ2n) is 7.43. The Hall–Kier alpha value is -0.910. The summed E-state index contributed by atoms with van der Waals surface area (Å²) in [6.45, 7) is 13.0. The van der Waals surface area contributed by atoms with E-state index in [2.05, 4.69) is 41.2 Å². The molecule has 0 aliphatic carbocycles. The van der Waals surface area contributed by atoms with Gasteiger partial charge in [0.2, 0.25) is 0 Å². The molecule has 2 rings (SSSR count). The van der Waals surface area contributed by atoms with Gasteiger partial charge in [-0.1, -0.05) is 20.8 Å². The highest BCUT2D eigenvalue weighted by Gasteiger charge is 2.21. The zero-order chi connectivity index (χ0) is 16.0. The number of piperidine rings is 1. The molecule has 5 nitrogen and oxygen atoms in total. The van der Waals surface area contributed by atoms with Crippen LogP contribution >= 0.6 is 0 Å². The highest BCUT2D eigenvalue weighted by molar-refractivity contribution is 5.23. The highest BCUT2D eigenvalue weighted by Crippen LogP contribution is 2.23. The van der Waals surface area contributed by atoms with Gasteiger partial charge in [-0.05, 0) is 38.4 Å². The van der Waals surface area contributed by atoms with E-state index >= 15 is 0 Å². The molecule has 1 aromatic heterocycles. The summed E-state index contributed by atoms with van der Waals surface area (Å²) in [7, 11) is 1.78. The van der Waals surface area contributed by atoms with E-state index in [1.807, 2.05) is 6.20 Å². The summed E-state index contributed by atoms with van der Waals surface area (Å²) in [5, 5.41) is 11.0. The normalized spacial score (nSPS) is 18.0. The summed E-state index contributed by atoms with van der Waals surface area (Å²) in [6.07, 6.45) is 4.53. The van der Waals surface area contributed by atoms with Gasteiger partial charge in [0.1, 0.15) is 0 Å². The molecule has 0 aromatic carbocycles. The molecule has 1 aromatic rings. The van der Waals surface area contributed by atoms with Crippen LogP contribution in [0.4, 0.5) is 0 Å². The van der Waals surface area contributed by atoms with Crippen molar-refractivity contribution < 1.29 is 4.74 Å². The van der Waals surface area contributed by atoms with Gasteiger partial charge < -0.3 is 15.0 Å². The van der Waals surface area contributed by atoms with Gasteiger partial charge in [-0.3, -0.25) is 5.10 Å². The summed E-state index contributed by atoms with van der Waals surface area (Å²) in [4.78, 5) is 2.51. The third kappa shape index (κ3) is 5.07. The van der Waals surface area contributed by atoms with E-state index in [-0.39, 0.29) is 5.41 Å². The minimum atomic E-state index is 0.125. The summed E-state index contributed by atoms with van der Waals surface area (Å²) >= 11 is 0. The summed E-state index contributed by atoms with van der Waals surface area (Å²) in [6, 6.07) is 0. The van der Waals surface area contributed by atoms with Gasteiger partial charge in [0.25, 0.3) is 0 Å². The maximum absolute atomic E-state index is 5.15. The lowest BCUT2D eigenvalue weighted by molar-refractivity contribution is 0.120. The van der Waals surface area contributed by atoms with Gasteiger partial charge in [-0.15, -0.1) is 0 Å². The first-order chi connectivity index (χ1) is 10.5. The average Bonchev–Trinajstić information content (AvgIpc) is 2.95. The number of nitrogens with one attached hydrogen (secondary N) is 2. The lowest BCUT2D eigenvalue weighted by Crippen LogP contribution is -2.38. The van der Waals surface area contributed by atoms with Crippen molar-refractivity contribution in [2.24, 2.45) is 5.92 Å². The number of likely N-dealkylation sites (tertiary alicyclic amines) is 1. The van der Waals surface area contributed by atoms with E-state index in [9.17, 15) is 0 Å². The number of H-pyrrole nitrogens is 1. The molecule has 1 fully saturated rings. The Morgan fingerprint density at radius 1 is 1.36 bits per heavy atom. The van der Waals surface area contributed by atoms with Gasteiger partial charge in [-0.2, -0.15) is 5.10 Å². The molecule has 2 N–H and O–H groups in total. The molecule has 2 heterocycles. The zero-order valence-electron chi connectivity index (χ0n) is 14.6. The van der Waals surface area contributed by atoms with Crippen LogP contribution in [0.2, 0.25) is 0 Å². The second kappa shape index (κ2) is 8.09. The molecule has 5 heteroatoms. The molecule has 0 spiro atoms. The highest BCUT2D eigenvalue weighted by atomic mass is 16.5. The topological polar surface area (TPSA) is 53.2 Å². The predicted octanol–water partition coefficient (Wildman–Crippen LogP) is 2.16. The van der Waals surface area contributed by atoms with Crippen LogP contribution in [0.5, 0.6) is 0 Å². The number of aromatic nitrogens is 2. The van der Waals surface area contributed by atoms with Crippen molar-refractivity contribution in [1.29, 1.82) is 0 Å². The Balaban J connectivity index is 1.69. The fourth-order valence-corrected chi connectivity index (χ4v) is 3.14. The minimum Gasteiger partial charge on any atom is -0.383 e. The quantitative estimate of drug-likeness (QED) is 0.810. The Labute approximate surface area is 134 Å². The summed E-state index contributed by atoms with van der Waals surface area (Å²) in [5.74, 6) is 0.795. The van der Waals surface area contributed by atoms with Crippen LogP contribution < -0.4 is 5.32 Å². The molecule has 0 bridgehead atoms. The third-order valence-electron chi connectivity index (χ3n) is 4.54. The first-order valence-corrected chi connectivity index (χ1v) is 8.45. The minimum absolute atomic E-state index is 0.125. The Morgan fingerprint density at radius 2 is 2.09 bits per heavy atom. The van der Waals surface area contributed by atoms with Crippen molar-refractivity contribution in [2.45, 2.75) is 45.6 Å². The summed E-state index contributed by atoms with van der Waals surface area (Å²) < 4.78 is 5.15. The number of nitrogens with zero attached hydrogens (tertiary/aromatic N) is 2. The van der Waals surface area contributed by atoms with E-state index in [4.69, 9.17) is 4.74 Å². The number of aromatic amines is 1. The zero-order valence-corrected chi connectivity index (χ0v) is 14.6. The number of ether oxygens (including phenoxy) is 1. The van der Waals surface area contributed by atoms with Crippen molar-refractivity contribution in [1.82, 2.24) is 20.4 Å². The van der Waals surface area contributed by atoms with Crippen molar-refractivity contribution >= 4 is 0 Å². The Kier molecular flexibility index (Phi) is 6.41. The predicted molar refractivity (Wildman–Crippen MR) is 90.0 cm³/mol. The van der Waals surface area contributed by atoms with Gasteiger partial charge in [0, 0.05) is 36.9 Å². The standard InChI is InChI=1S/C17H32N4O/c1-17(2,3)16-15(13-19-20-16)12-18-11-14-5-7-21(8-6-14)9-10-22-4/h13-14,18H,5-12H2,1-4H3,(H,19,20). The number of rotatable bonds is 7. The van der Waals surface area contributed by atoms with E-state index in [0.29, 0.717) is 0 Å². The van der Waals surface area contributed by atoms with Gasteiger partial charge >= 0.3 is 0 Å². The summed E-state index contributed by atoms with van der Waals surface area (Å²) in [5.41, 5.74) is 2.67. The van der Waals surface area contributed by atoms with E-state index < -0.39 is 0 Å². The molecule has 1 aliphatic rings. The van der Waals surface area contributed by atoms with Gasteiger partial charge in [0.15, 0.2) is 0 Å². The van der Waals surface area contributed by atoms with Crippen LogP contribution in [-0.2, 0) is 16.7 Å². The molecule has 1 saturated heterocycles. The molecule has 126 valence electrons. The number of methoxy groups -OCH3 is 1. The molecule has 0 radical (unpaired) electrons. The molecule has 0 amide bonds. The average molecular weight is 308 g/mol. The van der Waals surface area contributed by atoms with Crippen LogP contribution in [0, 0.1) is 5.92 Å². The van der Waals surface area contributed by atoms with Crippen LogP contribution in [0.25, 0.3) is 0 Å². The molecule has 0 atom stereocenters. The van der Waals surface area contributed by atoms with Crippen molar-refractivity contribution in [3.63, 3.8) is 0 Å². The van der Waals surface area contributed by atoms with Crippen molar-refractivity contribution in [2.75, 3.05) is 39.9 Å². The maximum Gasteiger partial charge on any atom is 0.0589 e. The van der Waals surface area contributed by atoms with E-state index in [0.717, 1.165) is 32.2 Å². The lowest BCUT2D eigenvalue weighted by atomic mass is 9.89. The largest absolute Gasteiger partial charge is 0.383 e. The number of hydrogen-bond donors (Lipinski definition) is 2. The molecular weight excluding hydrogens is 276 g/mol. The third-order valence-corrected chi connectivity index (χ3v) is 4.54. The first-order valence-electron chi connectivity index (χ1n) is 8.45. The lowest BCUT2D eigenvalue weighted by Gasteiger charge is -2.31.